The summed E-state index contributed by atoms with van der Waals surface area (Å²) < 4.78 is 10.6. The molecule has 0 radical (unpaired) electrons. The predicted octanol–water partition coefficient (Wildman–Crippen LogP) is 2.66. The van der Waals surface area contributed by atoms with Crippen LogP contribution in [0.4, 0.5) is 0 Å². The van der Waals surface area contributed by atoms with Gasteiger partial charge in [0.15, 0.2) is 0 Å². The van der Waals surface area contributed by atoms with Gasteiger partial charge in [-0.1, -0.05) is 0 Å². The lowest BCUT2D eigenvalue weighted by Crippen LogP contribution is -1.96. The maximum Gasteiger partial charge on any atom is 0.328 e. The van der Waals surface area contributed by atoms with Crippen molar-refractivity contribution in [2.45, 2.75) is 6.92 Å². The average Bonchev–Trinajstić information content (AvgIpc) is 2.43. The standard InChI is InChI=1S/C15H15NO4/c1-9-8-10(4-7-13(17)18)14-11(19-2)5-6-12(20-3)15(14)16-9/h4-8H,1-3H3,(H,17,18)/b7-4+. The van der Waals surface area contributed by atoms with Gasteiger partial charge in [-0.2, -0.15) is 0 Å². The molecule has 1 N–H and O–H groups in total. The van der Waals surface area contributed by atoms with Crippen molar-refractivity contribution >= 4 is 22.9 Å². The van der Waals surface area contributed by atoms with Crippen LogP contribution in [0.2, 0.25) is 0 Å². The molecule has 0 bridgehead atoms. The number of ether oxygens (including phenoxy) is 2. The van der Waals surface area contributed by atoms with Crippen LogP contribution >= 0.6 is 0 Å². The predicted molar refractivity (Wildman–Crippen MR) is 76.3 cm³/mol. The number of fused-ring (bicyclic) bond motifs is 1. The van der Waals surface area contributed by atoms with Crippen LogP contribution in [0.1, 0.15) is 11.3 Å². The zero-order valence-corrected chi connectivity index (χ0v) is 11.5. The van der Waals surface area contributed by atoms with Crippen LogP contribution < -0.4 is 9.47 Å². The first-order chi connectivity index (χ1) is 9.56. The van der Waals surface area contributed by atoms with Crippen molar-refractivity contribution in [1.29, 1.82) is 0 Å². The first kappa shape index (κ1) is 13.9. The van der Waals surface area contributed by atoms with Crippen LogP contribution in [0.15, 0.2) is 24.3 Å². The second-order valence-electron chi connectivity index (χ2n) is 4.22. The van der Waals surface area contributed by atoms with E-state index in [4.69, 9.17) is 14.6 Å². The molecule has 1 heterocycles. The molecule has 0 amide bonds. The van der Waals surface area contributed by atoms with Crippen molar-refractivity contribution in [3.8, 4) is 11.5 Å². The first-order valence-corrected chi connectivity index (χ1v) is 6.00. The highest BCUT2D eigenvalue weighted by atomic mass is 16.5. The van der Waals surface area contributed by atoms with Gasteiger partial charge < -0.3 is 14.6 Å². The summed E-state index contributed by atoms with van der Waals surface area (Å²) in [7, 11) is 3.13. The highest BCUT2D eigenvalue weighted by Gasteiger charge is 2.12. The molecule has 0 spiro atoms. The molecule has 0 unspecified atom stereocenters. The molecule has 1 aromatic carbocycles. The molecule has 0 aliphatic heterocycles. The number of carboxylic acids is 1. The number of hydrogen-bond acceptors (Lipinski definition) is 4. The summed E-state index contributed by atoms with van der Waals surface area (Å²) in [5.74, 6) is 0.238. The SMILES string of the molecule is COc1ccc(OC)c2c(/C=C/C(=O)O)cc(C)nc12. The van der Waals surface area contributed by atoms with Gasteiger partial charge in [0.25, 0.3) is 0 Å². The van der Waals surface area contributed by atoms with Crippen molar-refractivity contribution < 1.29 is 19.4 Å². The maximum atomic E-state index is 10.7. The lowest BCUT2D eigenvalue weighted by Gasteiger charge is -2.12. The number of benzene rings is 1. The van der Waals surface area contributed by atoms with Crippen molar-refractivity contribution in [3.05, 3.63) is 35.5 Å². The molecule has 20 heavy (non-hydrogen) atoms. The summed E-state index contributed by atoms with van der Waals surface area (Å²) in [6.45, 7) is 1.84. The van der Waals surface area contributed by atoms with E-state index >= 15 is 0 Å². The van der Waals surface area contributed by atoms with Crippen molar-refractivity contribution in [2.24, 2.45) is 0 Å². The van der Waals surface area contributed by atoms with E-state index in [2.05, 4.69) is 4.98 Å². The molecule has 5 heteroatoms. The molecular weight excluding hydrogens is 258 g/mol. The molecule has 0 atom stereocenters. The van der Waals surface area contributed by atoms with E-state index in [1.165, 1.54) is 6.08 Å². The number of nitrogens with zero attached hydrogens (tertiary/aromatic N) is 1. The third-order valence-corrected chi connectivity index (χ3v) is 2.89. The maximum absolute atomic E-state index is 10.7. The fraction of sp³-hybridized carbons (Fsp3) is 0.200. The molecule has 0 saturated carbocycles. The number of hydrogen-bond donors (Lipinski definition) is 1. The Kier molecular flexibility index (Phi) is 3.89. The monoisotopic (exact) mass is 273 g/mol. The second-order valence-corrected chi connectivity index (χ2v) is 4.22. The Morgan fingerprint density at radius 1 is 1.25 bits per heavy atom. The minimum absolute atomic E-state index is 0.620. The van der Waals surface area contributed by atoms with Gasteiger partial charge in [-0.25, -0.2) is 9.78 Å². The van der Waals surface area contributed by atoms with Gasteiger partial charge in [0.2, 0.25) is 0 Å². The van der Waals surface area contributed by atoms with Crippen LogP contribution in [0.5, 0.6) is 11.5 Å². The van der Waals surface area contributed by atoms with E-state index in [9.17, 15) is 4.79 Å². The summed E-state index contributed by atoms with van der Waals surface area (Å²) in [4.78, 5) is 15.2. The van der Waals surface area contributed by atoms with E-state index in [1.54, 1.807) is 26.4 Å². The molecule has 5 nitrogen and oxygen atoms in total. The van der Waals surface area contributed by atoms with Crippen LogP contribution in [0, 0.1) is 6.92 Å². The number of aromatic nitrogens is 1. The van der Waals surface area contributed by atoms with Gasteiger partial charge in [0.1, 0.15) is 17.0 Å². The van der Waals surface area contributed by atoms with E-state index in [-0.39, 0.29) is 0 Å². The zero-order valence-electron chi connectivity index (χ0n) is 11.5. The van der Waals surface area contributed by atoms with Gasteiger partial charge >= 0.3 is 5.97 Å². The van der Waals surface area contributed by atoms with Gasteiger partial charge in [-0.05, 0) is 36.8 Å². The number of methoxy groups -OCH3 is 2. The summed E-state index contributed by atoms with van der Waals surface area (Å²) in [6.07, 6.45) is 2.62. The third-order valence-electron chi connectivity index (χ3n) is 2.89. The Bertz CT molecular complexity index is 692. The van der Waals surface area contributed by atoms with Crippen LogP contribution in [-0.2, 0) is 4.79 Å². The first-order valence-electron chi connectivity index (χ1n) is 6.00. The molecule has 0 aliphatic rings. The van der Waals surface area contributed by atoms with E-state index in [0.29, 0.717) is 17.0 Å². The molecule has 1 aromatic heterocycles. The minimum Gasteiger partial charge on any atom is -0.496 e. The number of rotatable bonds is 4. The summed E-state index contributed by atoms with van der Waals surface area (Å²) in [5.41, 5.74) is 2.15. The topological polar surface area (TPSA) is 68.7 Å². The number of pyridine rings is 1. The Labute approximate surface area is 116 Å². The Hall–Kier alpha value is -2.56. The normalized spacial score (nSPS) is 10.9. The molecule has 2 aromatic rings. The molecule has 104 valence electrons. The van der Waals surface area contributed by atoms with Gasteiger partial charge in [0, 0.05) is 11.8 Å². The number of aryl methyl sites for hydroxylation is 1. The lowest BCUT2D eigenvalue weighted by molar-refractivity contribution is -0.131. The third kappa shape index (κ3) is 2.56. The molecule has 2 rings (SSSR count). The van der Waals surface area contributed by atoms with Gasteiger partial charge in [0.05, 0.1) is 19.6 Å². The lowest BCUT2D eigenvalue weighted by atomic mass is 10.1. The summed E-state index contributed by atoms with van der Waals surface area (Å²) in [5, 5.41) is 9.52. The number of carboxylic acid groups (broad SMARTS) is 1. The molecule has 0 fully saturated rings. The van der Waals surface area contributed by atoms with E-state index in [0.717, 1.165) is 22.7 Å². The fourth-order valence-corrected chi connectivity index (χ4v) is 2.08. The van der Waals surface area contributed by atoms with Crippen molar-refractivity contribution in [1.82, 2.24) is 4.98 Å². The highest BCUT2D eigenvalue weighted by molar-refractivity contribution is 5.98. The van der Waals surface area contributed by atoms with Crippen LogP contribution in [0.25, 0.3) is 17.0 Å². The highest BCUT2D eigenvalue weighted by Crippen LogP contribution is 2.35. The van der Waals surface area contributed by atoms with Gasteiger partial charge in [-0.15, -0.1) is 0 Å². The Morgan fingerprint density at radius 2 is 1.90 bits per heavy atom. The molecule has 0 aliphatic carbocycles. The molecule has 0 saturated heterocycles. The second kappa shape index (κ2) is 5.61. The Balaban J connectivity index is 2.82. The zero-order chi connectivity index (χ0) is 14.7. The minimum atomic E-state index is -1.01. The fourth-order valence-electron chi connectivity index (χ4n) is 2.08. The van der Waals surface area contributed by atoms with Gasteiger partial charge in [-0.3, -0.25) is 0 Å². The van der Waals surface area contributed by atoms with Crippen LogP contribution in [0.3, 0.4) is 0 Å². The summed E-state index contributed by atoms with van der Waals surface area (Å²) in [6, 6.07) is 5.36. The Morgan fingerprint density at radius 3 is 2.50 bits per heavy atom. The summed E-state index contributed by atoms with van der Waals surface area (Å²) >= 11 is 0. The van der Waals surface area contributed by atoms with Crippen molar-refractivity contribution in [3.63, 3.8) is 0 Å². The quantitative estimate of drug-likeness (QED) is 0.867. The van der Waals surface area contributed by atoms with E-state index in [1.807, 2.05) is 13.0 Å². The van der Waals surface area contributed by atoms with E-state index < -0.39 is 5.97 Å². The number of aliphatic carboxylic acids is 1. The van der Waals surface area contributed by atoms with Crippen molar-refractivity contribution in [2.75, 3.05) is 14.2 Å². The smallest absolute Gasteiger partial charge is 0.328 e. The van der Waals surface area contributed by atoms with Crippen LogP contribution in [-0.4, -0.2) is 30.3 Å². The molecular formula is C15H15NO4. The largest absolute Gasteiger partial charge is 0.496 e. The number of carbonyl (C=O) groups is 1. The average molecular weight is 273 g/mol.